The minimum atomic E-state index is 0.0836. The predicted octanol–water partition coefficient (Wildman–Crippen LogP) is 3.88. The van der Waals surface area contributed by atoms with Crippen molar-refractivity contribution in [3.63, 3.8) is 0 Å². The third-order valence-corrected chi connectivity index (χ3v) is 5.71. The first kappa shape index (κ1) is 18.5. The van der Waals surface area contributed by atoms with Gasteiger partial charge in [0.25, 0.3) is 0 Å². The van der Waals surface area contributed by atoms with Gasteiger partial charge in [0, 0.05) is 24.7 Å². The maximum absolute atomic E-state index is 12.3. The predicted molar refractivity (Wildman–Crippen MR) is 102 cm³/mol. The number of halogens is 1. The Morgan fingerprint density at radius 2 is 2.20 bits per heavy atom. The molecule has 1 fully saturated rings. The summed E-state index contributed by atoms with van der Waals surface area (Å²) in [4.78, 5) is 16.9. The summed E-state index contributed by atoms with van der Waals surface area (Å²) in [6.45, 7) is 1.29. The van der Waals surface area contributed by atoms with Crippen LogP contribution in [0.1, 0.15) is 32.1 Å². The van der Waals surface area contributed by atoms with E-state index in [1.165, 1.54) is 31.0 Å². The number of fused-ring (bicyclic) bond motifs is 1. The van der Waals surface area contributed by atoms with Gasteiger partial charge in [-0.1, -0.05) is 42.6 Å². The summed E-state index contributed by atoms with van der Waals surface area (Å²) in [5.74, 6) is 0.459. The summed E-state index contributed by atoms with van der Waals surface area (Å²) in [6, 6.07) is 6.02. The fourth-order valence-electron chi connectivity index (χ4n) is 3.24. The molecule has 0 aliphatic heterocycles. The van der Waals surface area contributed by atoms with Crippen LogP contribution in [0.3, 0.4) is 0 Å². The van der Waals surface area contributed by atoms with Crippen LogP contribution < -0.4 is 5.32 Å². The molecule has 25 heavy (non-hydrogen) atoms. The van der Waals surface area contributed by atoms with Crippen molar-refractivity contribution in [2.45, 2.75) is 49.8 Å². The molecule has 1 aromatic carbocycles. The van der Waals surface area contributed by atoms with Crippen molar-refractivity contribution in [3.8, 4) is 0 Å². The Labute approximate surface area is 157 Å². The number of ether oxygens (including phenoxy) is 1. The minimum absolute atomic E-state index is 0.0836. The lowest BCUT2D eigenvalue weighted by Gasteiger charge is -2.22. The molecule has 136 valence electrons. The lowest BCUT2D eigenvalue weighted by Crippen LogP contribution is -2.37. The number of hydrogen-bond donors (Lipinski definition) is 1. The second-order valence-electron chi connectivity index (χ2n) is 6.36. The average Bonchev–Trinajstić information content (AvgIpc) is 2.95. The van der Waals surface area contributed by atoms with Gasteiger partial charge in [-0.3, -0.25) is 4.79 Å². The molecule has 0 bridgehead atoms. The van der Waals surface area contributed by atoms with Crippen LogP contribution >= 0.6 is 23.4 Å². The average molecular weight is 382 g/mol. The molecule has 0 saturated heterocycles. The fourth-order valence-corrected chi connectivity index (χ4v) is 4.25. The van der Waals surface area contributed by atoms with Crippen molar-refractivity contribution >= 4 is 40.3 Å². The molecule has 0 unspecified atom stereocenters. The van der Waals surface area contributed by atoms with Gasteiger partial charge >= 0.3 is 0 Å². The molecular weight excluding hydrogens is 358 g/mol. The van der Waals surface area contributed by atoms with E-state index in [-0.39, 0.29) is 5.91 Å². The van der Waals surface area contributed by atoms with E-state index < -0.39 is 0 Å². The number of benzene rings is 1. The number of imidazole rings is 1. The first-order chi connectivity index (χ1) is 12.2. The third kappa shape index (κ3) is 4.90. The maximum Gasteiger partial charge on any atom is 0.230 e. The second kappa shape index (κ2) is 8.92. The van der Waals surface area contributed by atoms with E-state index in [2.05, 4.69) is 14.9 Å². The van der Waals surface area contributed by atoms with E-state index in [4.69, 9.17) is 16.3 Å². The summed E-state index contributed by atoms with van der Waals surface area (Å²) in [7, 11) is 1.68. The largest absolute Gasteiger partial charge is 0.383 e. The number of nitrogens with zero attached hydrogens (tertiary/aromatic N) is 2. The fraction of sp³-hybridized carbons (Fsp3) is 0.556. The van der Waals surface area contributed by atoms with E-state index >= 15 is 0 Å². The van der Waals surface area contributed by atoms with Gasteiger partial charge in [-0.2, -0.15) is 0 Å². The normalized spacial score (nSPS) is 15.6. The maximum atomic E-state index is 12.3. The van der Waals surface area contributed by atoms with Gasteiger partial charge in [0.2, 0.25) is 5.91 Å². The SMILES string of the molecule is COCCn1c(SCC(=O)NC2CCCCC2)nc2cc(Cl)ccc21. The molecule has 5 nitrogen and oxygen atoms in total. The van der Waals surface area contributed by atoms with Gasteiger partial charge in [-0.15, -0.1) is 0 Å². The molecule has 7 heteroatoms. The standard InChI is InChI=1S/C18H24ClN3O2S/c1-24-10-9-22-16-8-7-13(19)11-15(16)21-18(22)25-12-17(23)20-14-5-3-2-4-6-14/h7-8,11,14H,2-6,9-10,12H2,1H3,(H,20,23). The molecule has 0 spiro atoms. The molecular formula is C18H24ClN3O2S. The van der Waals surface area contributed by atoms with Crippen LogP contribution in [-0.2, 0) is 16.1 Å². The number of rotatable bonds is 7. The first-order valence-corrected chi connectivity index (χ1v) is 10.1. The van der Waals surface area contributed by atoms with Crippen LogP contribution in [0, 0.1) is 0 Å². The molecule has 1 aliphatic carbocycles. The van der Waals surface area contributed by atoms with Gasteiger partial charge < -0.3 is 14.6 Å². The molecule has 1 heterocycles. The molecule has 1 amide bonds. The van der Waals surface area contributed by atoms with E-state index in [1.807, 2.05) is 18.2 Å². The highest BCUT2D eigenvalue weighted by atomic mass is 35.5. The van der Waals surface area contributed by atoms with Crippen molar-refractivity contribution in [3.05, 3.63) is 23.2 Å². The molecule has 2 aromatic rings. The topological polar surface area (TPSA) is 56.1 Å². The summed E-state index contributed by atoms with van der Waals surface area (Å²) in [6.07, 6.45) is 5.91. The van der Waals surface area contributed by atoms with Crippen molar-refractivity contribution in [1.82, 2.24) is 14.9 Å². The number of carbonyl (C=O) groups is 1. The summed E-state index contributed by atoms with van der Waals surface area (Å²) < 4.78 is 7.30. The number of carbonyl (C=O) groups excluding carboxylic acids is 1. The highest BCUT2D eigenvalue weighted by Crippen LogP contribution is 2.26. The Morgan fingerprint density at radius 1 is 1.40 bits per heavy atom. The summed E-state index contributed by atoms with van der Waals surface area (Å²) in [5.41, 5.74) is 1.86. The van der Waals surface area contributed by atoms with Crippen LogP contribution in [0.2, 0.25) is 5.02 Å². The van der Waals surface area contributed by atoms with E-state index in [0.717, 1.165) is 29.0 Å². The quantitative estimate of drug-likeness (QED) is 0.739. The first-order valence-electron chi connectivity index (χ1n) is 8.74. The van der Waals surface area contributed by atoms with Crippen molar-refractivity contribution < 1.29 is 9.53 Å². The zero-order chi connectivity index (χ0) is 17.6. The van der Waals surface area contributed by atoms with Crippen molar-refractivity contribution in [2.24, 2.45) is 0 Å². The van der Waals surface area contributed by atoms with Gasteiger partial charge in [0.1, 0.15) is 0 Å². The molecule has 0 atom stereocenters. The van der Waals surface area contributed by atoms with Crippen LogP contribution in [0.15, 0.2) is 23.4 Å². The van der Waals surface area contributed by atoms with Gasteiger partial charge in [-0.25, -0.2) is 4.98 Å². The number of amides is 1. The van der Waals surface area contributed by atoms with Gasteiger partial charge in [0.15, 0.2) is 5.16 Å². The number of aromatic nitrogens is 2. The second-order valence-corrected chi connectivity index (χ2v) is 7.74. The molecule has 1 saturated carbocycles. The lowest BCUT2D eigenvalue weighted by atomic mass is 9.95. The lowest BCUT2D eigenvalue weighted by molar-refractivity contribution is -0.119. The molecule has 3 rings (SSSR count). The number of thioether (sulfide) groups is 1. The molecule has 1 aliphatic rings. The highest BCUT2D eigenvalue weighted by Gasteiger charge is 2.17. The van der Waals surface area contributed by atoms with Crippen LogP contribution in [0.4, 0.5) is 0 Å². The highest BCUT2D eigenvalue weighted by molar-refractivity contribution is 7.99. The Morgan fingerprint density at radius 3 is 2.96 bits per heavy atom. The summed E-state index contributed by atoms with van der Waals surface area (Å²) >= 11 is 7.54. The number of nitrogens with one attached hydrogen (secondary N) is 1. The van der Waals surface area contributed by atoms with E-state index in [1.54, 1.807) is 7.11 Å². The zero-order valence-corrected chi connectivity index (χ0v) is 16.0. The van der Waals surface area contributed by atoms with Crippen LogP contribution in [-0.4, -0.2) is 41.0 Å². The Hall–Kier alpha value is -1.24. The summed E-state index contributed by atoms with van der Waals surface area (Å²) in [5, 5.41) is 4.64. The van der Waals surface area contributed by atoms with Gasteiger partial charge in [-0.05, 0) is 31.0 Å². The third-order valence-electron chi connectivity index (χ3n) is 4.50. The Balaban J connectivity index is 1.67. The van der Waals surface area contributed by atoms with Crippen molar-refractivity contribution in [2.75, 3.05) is 19.5 Å². The van der Waals surface area contributed by atoms with Gasteiger partial charge in [0.05, 0.1) is 23.4 Å². The van der Waals surface area contributed by atoms with E-state index in [9.17, 15) is 4.79 Å². The number of methoxy groups -OCH3 is 1. The van der Waals surface area contributed by atoms with Crippen LogP contribution in [0.25, 0.3) is 11.0 Å². The smallest absolute Gasteiger partial charge is 0.230 e. The van der Waals surface area contributed by atoms with Crippen LogP contribution in [0.5, 0.6) is 0 Å². The Bertz CT molecular complexity index is 728. The van der Waals surface area contributed by atoms with Crippen molar-refractivity contribution in [1.29, 1.82) is 0 Å². The minimum Gasteiger partial charge on any atom is -0.383 e. The Kier molecular flexibility index (Phi) is 6.62. The zero-order valence-electron chi connectivity index (χ0n) is 14.5. The monoisotopic (exact) mass is 381 g/mol. The molecule has 1 aromatic heterocycles. The molecule has 0 radical (unpaired) electrons. The number of hydrogen-bond acceptors (Lipinski definition) is 4. The molecule has 1 N–H and O–H groups in total. The van der Waals surface area contributed by atoms with E-state index in [0.29, 0.717) is 30.0 Å².